The van der Waals surface area contributed by atoms with Gasteiger partial charge in [0.2, 0.25) is 5.91 Å². The van der Waals surface area contributed by atoms with Crippen LogP contribution in [0.4, 0.5) is 5.69 Å². The van der Waals surface area contributed by atoms with Crippen LogP contribution in [0.2, 0.25) is 0 Å². The van der Waals surface area contributed by atoms with Crippen molar-refractivity contribution in [1.82, 2.24) is 15.1 Å². The maximum absolute atomic E-state index is 12.8. The van der Waals surface area contributed by atoms with Gasteiger partial charge in [-0.05, 0) is 61.7 Å². The SMILES string of the molecule is Cc1noc(C)c1-c1ccc2nc([C@@H]3CCC(=O)N3c3ccc4c(c3)CCO4)[nH]c2c1. The molecule has 31 heavy (non-hydrogen) atoms. The number of aromatic nitrogens is 3. The van der Waals surface area contributed by atoms with Crippen molar-refractivity contribution in [2.45, 2.75) is 39.2 Å². The Kier molecular flexibility index (Phi) is 3.93. The van der Waals surface area contributed by atoms with E-state index in [0.29, 0.717) is 13.0 Å². The number of aryl methyl sites for hydroxylation is 2. The highest BCUT2D eigenvalue weighted by molar-refractivity contribution is 5.96. The van der Waals surface area contributed by atoms with Gasteiger partial charge in [0, 0.05) is 24.1 Å². The number of anilines is 1. The Morgan fingerprint density at radius 1 is 1.13 bits per heavy atom. The molecular formula is C24H22N4O3. The van der Waals surface area contributed by atoms with E-state index in [1.54, 1.807) is 0 Å². The summed E-state index contributed by atoms with van der Waals surface area (Å²) in [5.41, 5.74) is 6.80. The minimum atomic E-state index is -0.109. The molecule has 1 amide bonds. The van der Waals surface area contributed by atoms with Gasteiger partial charge in [-0.1, -0.05) is 11.2 Å². The number of aromatic amines is 1. The van der Waals surface area contributed by atoms with Crippen LogP contribution in [-0.2, 0) is 11.2 Å². The summed E-state index contributed by atoms with van der Waals surface area (Å²) in [6.45, 7) is 4.56. The topological polar surface area (TPSA) is 84.2 Å². The maximum Gasteiger partial charge on any atom is 0.227 e. The highest BCUT2D eigenvalue weighted by Crippen LogP contribution is 2.39. The fourth-order valence-corrected chi connectivity index (χ4v) is 4.83. The first kappa shape index (κ1) is 18.2. The Labute approximate surface area is 179 Å². The van der Waals surface area contributed by atoms with Crippen LogP contribution in [0.5, 0.6) is 5.75 Å². The summed E-state index contributed by atoms with van der Waals surface area (Å²) >= 11 is 0. The van der Waals surface area contributed by atoms with Crippen molar-refractivity contribution in [2.24, 2.45) is 0 Å². The number of carbonyl (C=O) groups excluding carboxylic acids is 1. The zero-order valence-electron chi connectivity index (χ0n) is 17.4. The molecular weight excluding hydrogens is 392 g/mol. The first-order chi connectivity index (χ1) is 15.1. The molecule has 0 saturated carbocycles. The van der Waals surface area contributed by atoms with E-state index in [9.17, 15) is 4.79 Å². The molecule has 156 valence electrons. The first-order valence-corrected chi connectivity index (χ1v) is 10.6. The molecule has 6 rings (SSSR count). The second kappa shape index (κ2) is 6.70. The fraction of sp³-hybridized carbons (Fsp3) is 0.292. The molecule has 0 radical (unpaired) electrons. The molecule has 2 aromatic carbocycles. The highest BCUT2D eigenvalue weighted by Gasteiger charge is 2.36. The fourth-order valence-electron chi connectivity index (χ4n) is 4.83. The van der Waals surface area contributed by atoms with Crippen LogP contribution in [0.15, 0.2) is 40.9 Å². The van der Waals surface area contributed by atoms with Crippen LogP contribution in [0.1, 0.15) is 41.7 Å². The number of benzene rings is 2. The maximum atomic E-state index is 12.8. The Morgan fingerprint density at radius 3 is 2.87 bits per heavy atom. The Bertz CT molecular complexity index is 1320. The largest absolute Gasteiger partial charge is 0.493 e. The predicted molar refractivity (Wildman–Crippen MR) is 116 cm³/mol. The quantitative estimate of drug-likeness (QED) is 0.528. The molecule has 0 aliphatic carbocycles. The van der Waals surface area contributed by atoms with Crippen LogP contribution in [-0.4, -0.2) is 27.6 Å². The molecule has 2 aliphatic rings. The van der Waals surface area contributed by atoms with E-state index < -0.39 is 0 Å². The molecule has 1 N–H and O–H groups in total. The molecule has 7 heteroatoms. The van der Waals surface area contributed by atoms with E-state index in [1.807, 2.05) is 43.0 Å². The summed E-state index contributed by atoms with van der Waals surface area (Å²) in [6.07, 6.45) is 2.13. The van der Waals surface area contributed by atoms with Crippen molar-refractivity contribution in [3.8, 4) is 16.9 Å². The Balaban J connectivity index is 1.39. The third-order valence-corrected chi connectivity index (χ3v) is 6.30. The van der Waals surface area contributed by atoms with Gasteiger partial charge in [0.25, 0.3) is 0 Å². The number of imidazole rings is 1. The number of carbonyl (C=O) groups is 1. The van der Waals surface area contributed by atoms with Crippen molar-refractivity contribution >= 4 is 22.6 Å². The third kappa shape index (κ3) is 2.84. The monoisotopic (exact) mass is 414 g/mol. The van der Waals surface area contributed by atoms with Gasteiger partial charge in [0.1, 0.15) is 17.3 Å². The number of H-pyrrole nitrogens is 1. The van der Waals surface area contributed by atoms with Gasteiger partial charge in [-0.2, -0.15) is 0 Å². The van der Waals surface area contributed by atoms with Gasteiger partial charge >= 0.3 is 0 Å². The van der Waals surface area contributed by atoms with Gasteiger partial charge in [-0.25, -0.2) is 4.98 Å². The van der Waals surface area contributed by atoms with Crippen LogP contribution in [0, 0.1) is 13.8 Å². The number of ether oxygens (including phenoxy) is 1. The molecule has 2 aliphatic heterocycles. The lowest BCUT2D eigenvalue weighted by Crippen LogP contribution is -2.28. The second-order valence-electron chi connectivity index (χ2n) is 8.26. The molecule has 0 spiro atoms. The molecule has 4 aromatic rings. The van der Waals surface area contributed by atoms with E-state index >= 15 is 0 Å². The first-order valence-electron chi connectivity index (χ1n) is 10.6. The van der Waals surface area contributed by atoms with Crippen molar-refractivity contribution in [3.05, 3.63) is 59.2 Å². The lowest BCUT2D eigenvalue weighted by atomic mass is 10.0. The molecule has 0 bridgehead atoms. The molecule has 1 saturated heterocycles. The van der Waals surface area contributed by atoms with Crippen LogP contribution >= 0.6 is 0 Å². The summed E-state index contributed by atoms with van der Waals surface area (Å²) in [5.74, 6) is 2.65. The predicted octanol–water partition coefficient (Wildman–Crippen LogP) is 4.64. The number of amides is 1. The number of nitrogens with one attached hydrogen (secondary N) is 1. The summed E-state index contributed by atoms with van der Waals surface area (Å²) in [6, 6.07) is 12.0. The Morgan fingerprint density at radius 2 is 2.03 bits per heavy atom. The van der Waals surface area contributed by atoms with E-state index in [0.717, 1.165) is 69.3 Å². The molecule has 4 heterocycles. The van der Waals surface area contributed by atoms with E-state index in [-0.39, 0.29) is 11.9 Å². The van der Waals surface area contributed by atoms with Crippen LogP contribution in [0.25, 0.3) is 22.2 Å². The summed E-state index contributed by atoms with van der Waals surface area (Å²) < 4.78 is 10.9. The van der Waals surface area contributed by atoms with Gasteiger partial charge in [-0.15, -0.1) is 0 Å². The lowest BCUT2D eigenvalue weighted by molar-refractivity contribution is -0.117. The van der Waals surface area contributed by atoms with Crippen LogP contribution < -0.4 is 9.64 Å². The van der Waals surface area contributed by atoms with Gasteiger partial charge < -0.3 is 19.1 Å². The average Bonchev–Trinajstić information content (AvgIpc) is 3.53. The number of fused-ring (bicyclic) bond motifs is 2. The van der Waals surface area contributed by atoms with Gasteiger partial charge in [0.05, 0.1) is 29.4 Å². The van der Waals surface area contributed by atoms with Gasteiger partial charge in [-0.3, -0.25) is 4.79 Å². The lowest BCUT2D eigenvalue weighted by Gasteiger charge is -2.24. The zero-order valence-corrected chi connectivity index (χ0v) is 17.4. The third-order valence-electron chi connectivity index (χ3n) is 6.30. The smallest absolute Gasteiger partial charge is 0.227 e. The Hall–Kier alpha value is -3.61. The molecule has 1 atom stereocenters. The number of hydrogen-bond donors (Lipinski definition) is 1. The number of nitrogens with zero attached hydrogens (tertiary/aromatic N) is 3. The van der Waals surface area contributed by atoms with Crippen molar-refractivity contribution < 1.29 is 14.1 Å². The van der Waals surface area contributed by atoms with Crippen LogP contribution in [0.3, 0.4) is 0 Å². The standard InChI is InChI=1S/C24H22N4O3/c1-13-23(14(2)31-27-13)16-3-5-18-19(12-16)26-24(25-18)20-6-8-22(29)28(20)17-4-7-21-15(11-17)9-10-30-21/h3-5,7,11-12,20H,6,8-10H2,1-2H3,(H,25,26)/t20-/m0/s1. The van der Waals surface area contributed by atoms with Crippen molar-refractivity contribution in [1.29, 1.82) is 0 Å². The number of hydrogen-bond acceptors (Lipinski definition) is 5. The minimum absolute atomic E-state index is 0.109. The normalized spacial score (nSPS) is 18.1. The summed E-state index contributed by atoms with van der Waals surface area (Å²) in [5, 5.41) is 4.06. The van der Waals surface area contributed by atoms with Gasteiger partial charge in [0.15, 0.2) is 0 Å². The summed E-state index contributed by atoms with van der Waals surface area (Å²) in [7, 11) is 0. The highest BCUT2D eigenvalue weighted by atomic mass is 16.5. The molecule has 0 unspecified atom stereocenters. The minimum Gasteiger partial charge on any atom is -0.493 e. The molecule has 1 fully saturated rings. The zero-order chi connectivity index (χ0) is 21.1. The average molecular weight is 414 g/mol. The summed E-state index contributed by atoms with van der Waals surface area (Å²) in [4.78, 5) is 23.0. The molecule has 2 aromatic heterocycles. The molecule has 7 nitrogen and oxygen atoms in total. The van der Waals surface area contributed by atoms with Crippen molar-refractivity contribution in [2.75, 3.05) is 11.5 Å². The van der Waals surface area contributed by atoms with E-state index in [4.69, 9.17) is 14.2 Å². The second-order valence-corrected chi connectivity index (χ2v) is 8.26. The van der Waals surface area contributed by atoms with Crippen molar-refractivity contribution in [3.63, 3.8) is 0 Å². The van der Waals surface area contributed by atoms with E-state index in [2.05, 4.69) is 22.3 Å². The number of rotatable bonds is 3. The van der Waals surface area contributed by atoms with E-state index in [1.165, 1.54) is 0 Å².